The number of aromatic carboxylic acids is 1. The number of fused-ring (bicyclic) bond motifs is 1. The van der Waals surface area contributed by atoms with E-state index in [2.05, 4.69) is 5.32 Å². The number of rotatable bonds is 9. The third-order valence-electron chi connectivity index (χ3n) is 5.91. The van der Waals surface area contributed by atoms with Gasteiger partial charge >= 0.3 is 12.1 Å². The highest BCUT2D eigenvalue weighted by Crippen LogP contribution is 2.43. The van der Waals surface area contributed by atoms with Crippen molar-refractivity contribution in [3.63, 3.8) is 0 Å². The number of hydrogen-bond acceptors (Lipinski definition) is 6. The predicted octanol–water partition coefficient (Wildman–Crippen LogP) is 4.17. The van der Waals surface area contributed by atoms with Gasteiger partial charge in [0.25, 0.3) is 0 Å². The molecular weight excluding hydrogens is 457 g/mol. The number of nitrogens with zero attached hydrogens (tertiary/aromatic N) is 2. The Labute approximate surface area is 203 Å². The molecule has 1 fully saturated rings. The number of hydrogen-bond donors (Lipinski definition) is 2. The first-order valence-corrected chi connectivity index (χ1v) is 11.7. The lowest BCUT2D eigenvalue weighted by Crippen LogP contribution is -2.35. The second kappa shape index (κ2) is 10.1. The molecule has 3 rings (SSSR count). The fourth-order valence-electron chi connectivity index (χ4n) is 3.98. The molecule has 192 valence electrons. The van der Waals surface area contributed by atoms with E-state index in [0.29, 0.717) is 25.0 Å². The van der Waals surface area contributed by atoms with Crippen LogP contribution in [0.3, 0.4) is 0 Å². The van der Waals surface area contributed by atoms with Crippen molar-refractivity contribution in [1.82, 2.24) is 9.88 Å². The molecule has 1 amide bonds. The summed E-state index contributed by atoms with van der Waals surface area (Å²) in [6.07, 6.45) is 3.16. The van der Waals surface area contributed by atoms with Gasteiger partial charge in [-0.1, -0.05) is 6.92 Å². The van der Waals surface area contributed by atoms with E-state index in [0.717, 1.165) is 18.9 Å². The summed E-state index contributed by atoms with van der Waals surface area (Å²) in [7, 11) is 3.14. The standard InChI is InChI=1S/C25H34FN3O6/c1-14(12-27-24(33)35-25(2,3)4)9-10-28(5)20-18(26)11-16-19(22(20)34-6)29(15-7-8-15)13-17(21(16)30)23(31)32/h11,13-15H,7-10,12H2,1-6H3,(H,27,33)(H,31,32). The fourth-order valence-corrected chi connectivity index (χ4v) is 3.98. The van der Waals surface area contributed by atoms with Gasteiger partial charge in [0, 0.05) is 32.4 Å². The zero-order valence-electron chi connectivity index (χ0n) is 21.1. The normalized spacial score (nSPS) is 14.5. The van der Waals surface area contributed by atoms with Crippen molar-refractivity contribution < 1.29 is 28.6 Å². The molecule has 0 bridgehead atoms. The molecule has 2 N–H and O–H groups in total. The quantitative estimate of drug-likeness (QED) is 0.542. The Hall–Kier alpha value is -3.30. The molecule has 1 atom stereocenters. The number of carbonyl (C=O) groups excluding carboxylic acids is 1. The van der Waals surface area contributed by atoms with Gasteiger partial charge in [-0.3, -0.25) is 4.79 Å². The van der Waals surface area contributed by atoms with Crippen molar-refractivity contribution >= 4 is 28.7 Å². The predicted molar refractivity (Wildman–Crippen MR) is 131 cm³/mol. The van der Waals surface area contributed by atoms with Gasteiger partial charge in [-0.2, -0.15) is 0 Å². The number of ether oxygens (including phenoxy) is 2. The largest absolute Gasteiger partial charge is 0.492 e. The highest BCUT2D eigenvalue weighted by atomic mass is 19.1. The third-order valence-corrected chi connectivity index (χ3v) is 5.91. The van der Waals surface area contributed by atoms with Crippen LogP contribution < -0.4 is 20.4 Å². The molecule has 1 aromatic heterocycles. The maximum absolute atomic E-state index is 15.3. The Kier molecular flexibility index (Phi) is 7.62. The number of anilines is 1. The molecule has 0 spiro atoms. The number of nitrogens with one attached hydrogen (secondary N) is 1. The number of aromatic nitrogens is 1. The first-order chi connectivity index (χ1) is 16.3. The second-order valence-electron chi connectivity index (χ2n) is 10.2. The number of carboxylic acids is 1. The maximum Gasteiger partial charge on any atom is 0.407 e. The van der Waals surface area contributed by atoms with Crippen molar-refractivity contribution in [3.8, 4) is 5.75 Å². The fraction of sp³-hybridized carbons (Fsp3) is 0.560. The van der Waals surface area contributed by atoms with Crippen LogP contribution in [0, 0.1) is 11.7 Å². The number of pyridine rings is 1. The first kappa shape index (κ1) is 26.3. The van der Waals surface area contributed by atoms with Crippen LogP contribution in [0.25, 0.3) is 10.9 Å². The molecule has 1 unspecified atom stereocenters. The highest BCUT2D eigenvalue weighted by Gasteiger charge is 2.31. The van der Waals surface area contributed by atoms with Gasteiger partial charge in [-0.25, -0.2) is 14.0 Å². The number of methoxy groups -OCH3 is 1. The minimum atomic E-state index is -1.35. The van der Waals surface area contributed by atoms with Crippen LogP contribution in [0.2, 0.25) is 0 Å². The smallest absolute Gasteiger partial charge is 0.407 e. The lowest BCUT2D eigenvalue weighted by atomic mass is 10.1. The number of carbonyl (C=O) groups is 2. The Balaban J connectivity index is 1.86. The minimum Gasteiger partial charge on any atom is -0.492 e. The maximum atomic E-state index is 15.3. The number of carboxylic acid groups (broad SMARTS) is 1. The molecule has 9 nitrogen and oxygen atoms in total. The van der Waals surface area contributed by atoms with Gasteiger partial charge in [0.05, 0.1) is 18.0 Å². The van der Waals surface area contributed by atoms with Crippen molar-refractivity contribution in [2.45, 2.75) is 58.6 Å². The number of benzene rings is 1. The first-order valence-electron chi connectivity index (χ1n) is 11.7. The molecule has 1 heterocycles. The lowest BCUT2D eigenvalue weighted by molar-refractivity contribution is 0.0519. The summed E-state index contributed by atoms with van der Waals surface area (Å²) in [5.41, 5.74) is -1.11. The summed E-state index contributed by atoms with van der Waals surface area (Å²) in [5.74, 6) is -1.73. The van der Waals surface area contributed by atoms with Gasteiger partial charge < -0.3 is 29.4 Å². The molecule has 0 radical (unpaired) electrons. The molecule has 0 aliphatic heterocycles. The molecule has 10 heteroatoms. The van der Waals surface area contributed by atoms with E-state index in [1.54, 1.807) is 37.3 Å². The van der Waals surface area contributed by atoms with E-state index in [1.807, 2.05) is 6.92 Å². The van der Waals surface area contributed by atoms with Crippen LogP contribution in [-0.4, -0.2) is 54.6 Å². The molecule has 35 heavy (non-hydrogen) atoms. The summed E-state index contributed by atoms with van der Waals surface area (Å²) in [6.45, 7) is 8.21. The summed E-state index contributed by atoms with van der Waals surface area (Å²) in [6, 6.07) is 1.14. The number of alkyl carbamates (subject to hydrolysis) is 1. The summed E-state index contributed by atoms with van der Waals surface area (Å²) < 4.78 is 27.9. The van der Waals surface area contributed by atoms with E-state index in [4.69, 9.17) is 9.47 Å². The Morgan fingerprint density at radius 1 is 1.34 bits per heavy atom. The minimum absolute atomic E-state index is 0.0155. The van der Waals surface area contributed by atoms with Crippen LogP contribution in [0.5, 0.6) is 5.75 Å². The van der Waals surface area contributed by atoms with Crippen LogP contribution >= 0.6 is 0 Å². The van der Waals surface area contributed by atoms with E-state index in [1.165, 1.54) is 13.3 Å². The molecule has 0 saturated heterocycles. The zero-order valence-corrected chi connectivity index (χ0v) is 21.1. The van der Waals surface area contributed by atoms with Gasteiger partial charge in [-0.05, 0) is 52.0 Å². The average molecular weight is 492 g/mol. The molecule has 1 aliphatic carbocycles. The van der Waals surface area contributed by atoms with Crippen molar-refractivity contribution in [2.24, 2.45) is 5.92 Å². The summed E-state index contributed by atoms with van der Waals surface area (Å²) >= 11 is 0. The van der Waals surface area contributed by atoms with Crippen LogP contribution in [0.1, 0.15) is 63.4 Å². The summed E-state index contributed by atoms with van der Waals surface area (Å²) in [5, 5.41) is 12.2. The second-order valence-corrected chi connectivity index (χ2v) is 10.2. The molecule has 1 aromatic carbocycles. The molecule has 1 saturated carbocycles. The van der Waals surface area contributed by atoms with Gasteiger partial charge in [0.1, 0.15) is 16.9 Å². The summed E-state index contributed by atoms with van der Waals surface area (Å²) in [4.78, 5) is 38.0. The Bertz CT molecular complexity index is 1180. The SMILES string of the molecule is COc1c(N(C)CCC(C)CNC(=O)OC(C)(C)C)c(F)cc2c(=O)c(C(=O)O)cn(C3CC3)c12. The number of amides is 1. The number of halogens is 1. The van der Waals surface area contributed by atoms with Gasteiger partial charge in [0.15, 0.2) is 11.6 Å². The van der Waals surface area contributed by atoms with Gasteiger partial charge in [-0.15, -0.1) is 0 Å². The Morgan fingerprint density at radius 2 is 2.00 bits per heavy atom. The van der Waals surface area contributed by atoms with Crippen LogP contribution in [-0.2, 0) is 4.74 Å². The third kappa shape index (κ3) is 6.04. The molecule has 1 aliphatic rings. The highest BCUT2D eigenvalue weighted by molar-refractivity contribution is 5.97. The van der Waals surface area contributed by atoms with Crippen molar-refractivity contribution in [3.05, 3.63) is 33.9 Å². The monoisotopic (exact) mass is 491 g/mol. The van der Waals surface area contributed by atoms with E-state index >= 15 is 4.39 Å². The zero-order chi connectivity index (χ0) is 26.1. The van der Waals surface area contributed by atoms with Crippen molar-refractivity contribution in [2.75, 3.05) is 32.1 Å². The van der Waals surface area contributed by atoms with E-state index in [9.17, 15) is 19.5 Å². The molecular formula is C25H34FN3O6. The topological polar surface area (TPSA) is 110 Å². The molecule has 2 aromatic rings. The van der Waals surface area contributed by atoms with Crippen LogP contribution in [0.4, 0.5) is 14.9 Å². The lowest BCUT2D eigenvalue weighted by Gasteiger charge is -2.26. The van der Waals surface area contributed by atoms with Crippen molar-refractivity contribution in [1.29, 1.82) is 0 Å². The Morgan fingerprint density at radius 3 is 2.54 bits per heavy atom. The van der Waals surface area contributed by atoms with Crippen LogP contribution in [0.15, 0.2) is 17.1 Å². The van der Waals surface area contributed by atoms with E-state index < -0.39 is 34.5 Å². The van der Waals surface area contributed by atoms with E-state index in [-0.39, 0.29) is 28.8 Å². The average Bonchev–Trinajstić information content (AvgIpc) is 3.59. The van der Waals surface area contributed by atoms with Gasteiger partial charge in [0.2, 0.25) is 5.43 Å².